The predicted octanol–water partition coefficient (Wildman–Crippen LogP) is 3.86. The van der Waals surface area contributed by atoms with Gasteiger partial charge in [0.2, 0.25) is 0 Å². The molecule has 0 heterocycles. The fourth-order valence-electron chi connectivity index (χ4n) is 2.12. The molecular formula is C17H10F3N3O4. The SMILES string of the molecule is N#C/C(=C\c1ccc(O)c([N+](=O)[O-])c1)C(=O)Nc1ccccc1C(F)(F)F. The lowest BCUT2D eigenvalue weighted by molar-refractivity contribution is -0.385. The minimum Gasteiger partial charge on any atom is -0.502 e. The zero-order valence-corrected chi connectivity index (χ0v) is 13.3. The van der Waals surface area contributed by atoms with Crippen LogP contribution in [0.2, 0.25) is 0 Å². The number of benzene rings is 2. The molecule has 27 heavy (non-hydrogen) atoms. The van der Waals surface area contributed by atoms with E-state index in [1.807, 2.05) is 5.32 Å². The van der Waals surface area contributed by atoms with E-state index < -0.39 is 45.3 Å². The molecule has 0 unspecified atom stereocenters. The van der Waals surface area contributed by atoms with Crippen molar-refractivity contribution in [2.24, 2.45) is 0 Å². The molecule has 138 valence electrons. The monoisotopic (exact) mass is 377 g/mol. The van der Waals surface area contributed by atoms with Crippen molar-refractivity contribution < 1.29 is 28.0 Å². The summed E-state index contributed by atoms with van der Waals surface area (Å²) in [6, 6.07) is 8.88. The van der Waals surface area contributed by atoms with Crippen molar-refractivity contribution in [3.8, 4) is 11.8 Å². The Morgan fingerprint density at radius 2 is 1.93 bits per heavy atom. The van der Waals surface area contributed by atoms with Gasteiger partial charge in [-0.25, -0.2) is 0 Å². The number of nitro groups is 1. The van der Waals surface area contributed by atoms with E-state index in [4.69, 9.17) is 5.26 Å². The average molecular weight is 377 g/mol. The van der Waals surface area contributed by atoms with Gasteiger partial charge in [0.25, 0.3) is 5.91 Å². The van der Waals surface area contributed by atoms with E-state index in [2.05, 4.69) is 0 Å². The largest absolute Gasteiger partial charge is 0.502 e. The highest BCUT2D eigenvalue weighted by atomic mass is 19.4. The summed E-state index contributed by atoms with van der Waals surface area (Å²) in [6.45, 7) is 0. The molecule has 0 fully saturated rings. The number of aromatic hydroxyl groups is 1. The van der Waals surface area contributed by atoms with E-state index in [1.165, 1.54) is 18.2 Å². The summed E-state index contributed by atoms with van der Waals surface area (Å²) in [5, 5.41) is 31.3. The van der Waals surface area contributed by atoms with Crippen LogP contribution in [0.15, 0.2) is 48.0 Å². The van der Waals surface area contributed by atoms with Crippen molar-refractivity contribution in [3.05, 3.63) is 69.3 Å². The summed E-state index contributed by atoms with van der Waals surface area (Å²) in [7, 11) is 0. The molecule has 0 aliphatic rings. The first-order valence-electron chi connectivity index (χ1n) is 7.20. The molecule has 10 heteroatoms. The number of nitriles is 1. The Bertz CT molecular complexity index is 978. The van der Waals surface area contributed by atoms with E-state index >= 15 is 0 Å². The zero-order chi connectivity index (χ0) is 20.2. The van der Waals surface area contributed by atoms with E-state index in [9.17, 15) is 33.2 Å². The molecule has 0 aliphatic heterocycles. The Morgan fingerprint density at radius 3 is 2.52 bits per heavy atom. The summed E-state index contributed by atoms with van der Waals surface area (Å²) in [5.74, 6) is -1.73. The minimum atomic E-state index is -4.71. The molecule has 0 aliphatic carbocycles. The molecule has 1 amide bonds. The minimum absolute atomic E-state index is 0.0373. The molecule has 2 aromatic rings. The van der Waals surface area contributed by atoms with Crippen LogP contribution in [0.4, 0.5) is 24.5 Å². The maximum Gasteiger partial charge on any atom is 0.418 e. The molecular weight excluding hydrogens is 367 g/mol. The Labute approximate surface area is 150 Å². The summed E-state index contributed by atoms with van der Waals surface area (Å²) in [4.78, 5) is 22.1. The quantitative estimate of drug-likeness (QED) is 0.363. The summed E-state index contributed by atoms with van der Waals surface area (Å²) in [5.41, 5.74) is -2.81. The van der Waals surface area contributed by atoms with Gasteiger partial charge in [0.05, 0.1) is 16.2 Å². The van der Waals surface area contributed by atoms with Gasteiger partial charge in [-0.05, 0) is 29.8 Å². The second-order valence-corrected chi connectivity index (χ2v) is 5.17. The summed E-state index contributed by atoms with van der Waals surface area (Å²) >= 11 is 0. The highest BCUT2D eigenvalue weighted by molar-refractivity contribution is 6.10. The highest BCUT2D eigenvalue weighted by Crippen LogP contribution is 2.34. The second-order valence-electron chi connectivity index (χ2n) is 5.17. The van der Waals surface area contributed by atoms with Crippen LogP contribution in [0.3, 0.4) is 0 Å². The number of hydrogen-bond acceptors (Lipinski definition) is 5. The van der Waals surface area contributed by atoms with E-state index in [-0.39, 0.29) is 5.56 Å². The standard InChI is InChI=1S/C17H10F3N3O4/c18-17(19,20)12-3-1-2-4-13(12)22-16(25)11(9-21)7-10-5-6-15(24)14(8-10)23(26)27/h1-8,24H,(H,22,25)/b11-7+. The maximum atomic E-state index is 13.0. The molecule has 0 aromatic heterocycles. The third-order valence-electron chi connectivity index (χ3n) is 3.35. The van der Waals surface area contributed by atoms with Crippen molar-refractivity contribution in [3.63, 3.8) is 0 Å². The number of phenolic OH excluding ortho intramolecular Hbond substituents is 1. The lowest BCUT2D eigenvalue weighted by atomic mass is 10.1. The Balaban J connectivity index is 2.36. The summed E-state index contributed by atoms with van der Waals surface area (Å²) in [6.07, 6.45) is -3.75. The number of hydrogen-bond donors (Lipinski definition) is 2. The lowest BCUT2D eigenvalue weighted by Crippen LogP contribution is -2.17. The van der Waals surface area contributed by atoms with Crippen molar-refractivity contribution in [1.82, 2.24) is 0 Å². The molecule has 2 N–H and O–H groups in total. The first-order valence-corrected chi connectivity index (χ1v) is 7.20. The molecule has 2 rings (SSSR count). The van der Waals surface area contributed by atoms with E-state index in [0.717, 1.165) is 36.4 Å². The second kappa shape index (κ2) is 7.57. The molecule has 0 atom stereocenters. The van der Waals surface area contributed by atoms with E-state index in [0.29, 0.717) is 0 Å². The van der Waals surface area contributed by atoms with Gasteiger partial charge in [0.15, 0.2) is 5.75 Å². The Morgan fingerprint density at radius 1 is 1.26 bits per heavy atom. The Hall–Kier alpha value is -3.87. The molecule has 0 saturated heterocycles. The highest BCUT2D eigenvalue weighted by Gasteiger charge is 2.33. The average Bonchev–Trinajstić information content (AvgIpc) is 2.60. The van der Waals surface area contributed by atoms with Crippen LogP contribution < -0.4 is 5.32 Å². The van der Waals surface area contributed by atoms with Gasteiger partial charge in [-0.3, -0.25) is 14.9 Å². The number of rotatable bonds is 4. The van der Waals surface area contributed by atoms with Crippen LogP contribution in [-0.2, 0) is 11.0 Å². The van der Waals surface area contributed by atoms with Crippen LogP contribution in [0.5, 0.6) is 5.75 Å². The first kappa shape index (κ1) is 19.5. The van der Waals surface area contributed by atoms with Gasteiger partial charge >= 0.3 is 11.9 Å². The fraction of sp³-hybridized carbons (Fsp3) is 0.0588. The fourth-order valence-corrected chi connectivity index (χ4v) is 2.12. The zero-order valence-electron chi connectivity index (χ0n) is 13.3. The number of nitro benzene ring substituents is 1. The number of alkyl halides is 3. The number of nitrogens with zero attached hydrogens (tertiary/aromatic N) is 2. The van der Waals surface area contributed by atoms with Crippen molar-refractivity contribution in [2.75, 3.05) is 5.32 Å². The van der Waals surface area contributed by atoms with Gasteiger partial charge in [-0.1, -0.05) is 18.2 Å². The molecule has 0 saturated carbocycles. The first-order chi connectivity index (χ1) is 12.6. The smallest absolute Gasteiger partial charge is 0.418 e. The third-order valence-corrected chi connectivity index (χ3v) is 3.35. The maximum absolute atomic E-state index is 13.0. The van der Waals surface area contributed by atoms with Gasteiger partial charge in [-0.2, -0.15) is 18.4 Å². The van der Waals surface area contributed by atoms with Crippen LogP contribution >= 0.6 is 0 Å². The van der Waals surface area contributed by atoms with Crippen LogP contribution in [0.1, 0.15) is 11.1 Å². The van der Waals surface area contributed by atoms with Crippen LogP contribution in [0, 0.1) is 21.4 Å². The molecule has 0 bridgehead atoms. The molecule has 7 nitrogen and oxygen atoms in total. The number of halogens is 3. The Kier molecular flexibility index (Phi) is 5.45. The topological polar surface area (TPSA) is 116 Å². The van der Waals surface area contributed by atoms with Gasteiger partial charge in [0, 0.05) is 6.07 Å². The normalized spacial score (nSPS) is 11.6. The van der Waals surface area contributed by atoms with Crippen LogP contribution in [-0.4, -0.2) is 15.9 Å². The third kappa shape index (κ3) is 4.60. The van der Waals surface area contributed by atoms with Crippen molar-refractivity contribution >= 4 is 23.4 Å². The number of amides is 1. The molecule has 2 aromatic carbocycles. The van der Waals surface area contributed by atoms with Crippen molar-refractivity contribution in [1.29, 1.82) is 5.26 Å². The van der Waals surface area contributed by atoms with E-state index in [1.54, 1.807) is 0 Å². The number of anilines is 1. The number of para-hydroxylation sites is 1. The number of phenols is 1. The van der Waals surface area contributed by atoms with Gasteiger partial charge in [-0.15, -0.1) is 0 Å². The van der Waals surface area contributed by atoms with Crippen molar-refractivity contribution in [2.45, 2.75) is 6.18 Å². The predicted molar refractivity (Wildman–Crippen MR) is 88.4 cm³/mol. The summed E-state index contributed by atoms with van der Waals surface area (Å²) < 4.78 is 38.9. The number of carbonyl (C=O) groups excluding carboxylic acids is 1. The van der Waals surface area contributed by atoms with Gasteiger partial charge < -0.3 is 10.4 Å². The molecule has 0 radical (unpaired) electrons. The molecule has 0 spiro atoms. The number of carbonyl (C=O) groups is 1. The lowest BCUT2D eigenvalue weighted by Gasteiger charge is -2.13. The van der Waals surface area contributed by atoms with Crippen LogP contribution in [0.25, 0.3) is 6.08 Å². The number of nitrogens with one attached hydrogen (secondary N) is 1. The van der Waals surface area contributed by atoms with Gasteiger partial charge in [0.1, 0.15) is 11.6 Å².